The fraction of sp³-hybridized carbons (Fsp3) is 0.391. The molecule has 4 nitrogen and oxygen atoms in total. The maximum absolute atomic E-state index is 12.5. The molecule has 0 unspecified atom stereocenters. The third kappa shape index (κ3) is 4.97. The van der Waals surface area contributed by atoms with E-state index in [0.29, 0.717) is 5.56 Å². The van der Waals surface area contributed by atoms with E-state index in [1.807, 2.05) is 63.5 Å². The number of rotatable bonds is 5. The van der Waals surface area contributed by atoms with Crippen molar-refractivity contribution in [3.8, 4) is 0 Å². The molecule has 3 rings (SSSR count). The Balaban J connectivity index is 1.67. The number of carbonyl (C=O) groups excluding carboxylic acids is 1. The van der Waals surface area contributed by atoms with Crippen molar-refractivity contribution in [3.05, 3.63) is 64.2 Å². The van der Waals surface area contributed by atoms with Crippen LogP contribution in [0, 0.1) is 20.8 Å². The van der Waals surface area contributed by atoms with Gasteiger partial charge in [0.15, 0.2) is 0 Å². The Labute approximate surface area is 161 Å². The van der Waals surface area contributed by atoms with Gasteiger partial charge in [-0.25, -0.2) is 9.79 Å². The summed E-state index contributed by atoms with van der Waals surface area (Å²) in [7, 11) is 0. The van der Waals surface area contributed by atoms with Crippen LogP contribution < -0.4 is 0 Å². The van der Waals surface area contributed by atoms with Crippen LogP contribution in [0.3, 0.4) is 0 Å². The number of carbonyl (C=O) groups is 1. The predicted molar refractivity (Wildman–Crippen MR) is 110 cm³/mol. The zero-order valence-corrected chi connectivity index (χ0v) is 16.5. The van der Waals surface area contributed by atoms with Gasteiger partial charge in [0.2, 0.25) is 0 Å². The highest BCUT2D eigenvalue weighted by atomic mass is 16.5. The highest BCUT2D eigenvalue weighted by molar-refractivity contribution is 5.92. The number of esters is 1. The first kappa shape index (κ1) is 19.2. The molecule has 0 amide bonds. The molecule has 0 N–H and O–H groups in total. The number of nitrogens with zero attached hydrogens (tertiary/aromatic N) is 2. The number of aliphatic imine (C=N–C) groups is 1. The molecular formula is C23H28N2O2. The quantitative estimate of drug-likeness (QED) is 0.420. The summed E-state index contributed by atoms with van der Waals surface area (Å²) in [4.78, 5) is 19.4. The molecule has 0 spiro atoms. The molecule has 0 saturated carbocycles. The van der Waals surface area contributed by atoms with Gasteiger partial charge < -0.3 is 9.64 Å². The van der Waals surface area contributed by atoms with Crippen molar-refractivity contribution >= 4 is 18.0 Å². The Kier molecular flexibility index (Phi) is 6.28. The van der Waals surface area contributed by atoms with E-state index in [4.69, 9.17) is 4.74 Å². The van der Waals surface area contributed by atoms with Crippen LogP contribution in [-0.4, -0.2) is 30.3 Å². The zero-order valence-electron chi connectivity index (χ0n) is 16.5. The van der Waals surface area contributed by atoms with Crippen LogP contribution in [0.25, 0.3) is 0 Å². The third-order valence-electron chi connectivity index (χ3n) is 5.22. The van der Waals surface area contributed by atoms with Gasteiger partial charge in [-0.1, -0.05) is 29.8 Å². The van der Waals surface area contributed by atoms with Crippen molar-refractivity contribution in [3.63, 3.8) is 0 Å². The summed E-state index contributed by atoms with van der Waals surface area (Å²) in [6.45, 7) is 8.44. The van der Waals surface area contributed by atoms with Crippen LogP contribution >= 0.6 is 0 Å². The van der Waals surface area contributed by atoms with Crippen LogP contribution in [0.5, 0.6) is 0 Å². The first-order valence-corrected chi connectivity index (χ1v) is 9.65. The highest BCUT2D eigenvalue weighted by Crippen LogP contribution is 2.25. The van der Waals surface area contributed by atoms with E-state index in [9.17, 15) is 4.79 Å². The molecule has 1 saturated heterocycles. The average Bonchev–Trinajstić information content (AvgIpc) is 2.69. The zero-order chi connectivity index (χ0) is 19.2. The first-order valence-electron chi connectivity index (χ1n) is 9.65. The second-order valence-electron chi connectivity index (χ2n) is 7.29. The maximum atomic E-state index is 12.5. The van der Waals surface area contributed by atoms with Gasteiger partial charge >= 0.3 is 5.97 Å². The van der Waals surface area contributed by atoms with Crippen LogP contribution in [0.4, 0.5) is 5.69 Å². The minimum atomic E-state index is -0.289. The molecule has 0 atom stereocenters. The molecule has 1 fully saturated rings. The van der Waals surface area contributed by atoms with Gasteiger partial charge in [-0.2, -0.15) is 0 Å². The lowest BCUT2D eigenvalue weighted by atomic mass is 10.0. The van der Waals surface area contributed by atoms with Crippen molar-refractivity contribution in [1.82, 2.24) is 4.90 Å². The van der Waals surface area contributed by atoms with Crippen LogP contribution in [0.15, 0.2) is 41.4 Å². The molecule has 1 aliphatic heterocycles. The van der Waals surface area contributed by atoms with Gasteiger partial charge in [0.1, 0.15) is 6.61 Å². The van der Waals surface area contributed by atoms with Crippen molar-refractivity contribution in [2.45, 2.75) is 46.6 Å². The lowest BCUT2D eigenvalue weighted by Crippen LogP contribution is -2.28. The van der Waals surface area contributed by atoms with Crippen molar-refractivity contribution in [2.75, 3.05) is 13.1 Å². The Bertz CT molecular complexity index is 819. The van der Waals surface area contributed by atoms with Crippen LogP contribution in [0.1, 0.15) is 51.9 Å². The van der Waals surface area contributed by atoms with E-state index in [2.05, 4.69) is 9.89 Å². The number of hydrogen-bond donors (Lipinski definition) is 0. The summed E-state index contributed by atoms with van der Waals surface area (Å²) in [5.74, 6) is -0.289. The highest BCUT2D eigenvalue weighted by Gasteiger charge is 2.14. The molecule has 0 aromatic heterocycles. The Morgan fingerprint density at radius 3 is 2.41 bits per heavy atom. The monoisotopic (exact) mass is 364 g/mol. The second kappa shape index (κ2) is 8.85. The second-order valence-corrected chi connectivity index (χ2v) is 7.29. The van der Waals surface area contributed by atoms with E-state index < -0.39 is 0 Å². The summed E-state index contributed by atoms with van der Waals surface area (Å²) >= 11 is 0. The van der Waals surface area contributed by atoms with E-state index in [1.165, 1.54) is 24.8 Å². The average molecular weight is 364 g/mol. The summed E-state index contributed by atoms with van der Waals surface area (Å²) in [6.07, 6.45) is 5.71. The molecule has 1 heterocycles. The normalized spacial score (nSPS) is 14.6. The Hall–Kier alpha value is -2.62. The number of aryl methyl sites for hydroxylation is 1. The summed E-state index contributed by atoms with van der Waals surface area (Å²) in [6, 6.07) is 11.7. The van der Waals surface area contributed by atoms with E-state index in [1.54, 1.807) is 0 Å². The number of piperidine rings is 1. The standard InChI is InChI=1S/C23H28N2O2/c1-17-7-9-20(10-8-17)15-27-23(26)21-11-12-22(19(3)18(21)2)24-16-25-13-5-4-6-14-25/h7-12,16H,4-6,13-15H2,1-3H3. The van der Waals surface area contributed by atoms with Crippen molar-refractivity contribution in [1.29, 1.82) is 0 Å². The fourth-order valence-electron chi connectivity index (χ4n) is 3.26. The number of ether oxygens (including phenoxy) is 1. The van der Waals surface area contributed by atoms with E-state index >= 15 is 0 Å². The molecule has 2 aromatic carbocycles. The molecule has 1 aliphatic rings. The van der Waals surface area contributed by atoms with Crippen LogP contribution in [0.2, 0.25) is 0 Å². The number of likely N-dealkylation sites (tertiary alicyclic amines) is 1. The molecule has 142 valence electrons. The lowest BCUT2D eigenvalue weighted by molar-refractivity contribution is 0.0472. The van der Waals surface area contributed by atoms with Gasteiger partial charge in [-0.3, -0.25) is 0 Å². The van der Waals surface area contributed by atoms with Gasteiger partial charge in [-0.05, 0) is 68.9 Å². The van der Waals surface area contributed by atoms with Crippen molar-refractivity contribution < 1.29 is 9.53 Å². The summed E-state index contributed by atoms with van der Waals surface area (Å²) < 4.78 is 5.50. The number of benzene rings is 2. The summed E-state index contributed by atoms with van der Waals surface area (Å²) in [5, 5.41) is 0. The maximum Gasteiger partial charge on any atom is 0.338 e. The molecule has 0 aliphatic carbocycles. The molecule has 2 aromatic rings. The van der Waals surface area contributed by atoms with Crippen LogP contribution in [-0.2, 0) is 11.3 Å². The molecular weight excluding hydrogens is 336 g/mol. The topological polar surface area (TPSA) is 41.9 Å². The molecule has 27 heavy (non-hydrogen) atoms. The smallest absolute Gasteiger partial charge is 0.338 e. The SMILES string of the molecule is Cc1ccc(COC(=O)c2ccc(N=CN3CCCCC3)c(C)c2C)cc1. The third-order valence-corrected chi connectivity index (χ3v) is 5.22. The number of hydrogen-bond acceptors (Lipinski definition) is 3. The largest absolute Gasteiger partial charge is 0.457 e. The minimum Gasteiger partial charge on any atom is -0.457 e. The molecule has 0 radical (unpaired) electrons. The van der Waals surface area contributed by atoms with Gasteiger partial charge in [-0.15, -0.1) is 0 Å². The summed E-state index contributed by atoms with van der Waals surface area (Å²) in [5.41, 5.74) is 5.65. The molecule has 4 heteroatoms. The van der Waals surface area contributed by atoms with Gasteiger partial charge in [0.05, 0.1) is 17.6 Å². The Morgan fingerprint density at radius 2 is 1.70 bits per heavy atom. The van der Waals surface area contributed by atoms with E-state index in [-0.39, 0.29) is 12.6 Å². The predicted octanol–water partition coefficient (Wildman–Crippen LogP) is 5.11. The fourth-order valence-corrected chi connectivity index (χ4v) is 3.26. The van der Waals surface area contributed by atoms with Crippen molar-refractivity contribution in [2.24, 2.45) is 4.99 Å². The Morgan fingerprint density at radius 1 is 1.00 bits per heavy atom. The first-order chi connectivity index (χ1) is 13.0. The lowest BCUT2D eigenvalue weighted by Gasteiger charge is -2.24. The van der Waals surface area contributed by atoms with E-state index in [0.717, 1.165) is 35.5 Å². The molecule has 0 bridgehead atoms. The van der Waals surface area contributed by atoms with Gasteiger partial charge in [0.25, 0.3) is 0 Å². The minimum absolute atomic E-state index is 0.284. The van der Waals surface area contributed by atoms with Gasteiger partial charge in [0, 0.05) is 13.1 Å².